The third-order valence-corrected chi connectivity index (χ3v) is 2.60. The Morgan fingerprint density at radius 2 is 2.00 bits per heavy atom. The second-order valence-corrected chi connectivity index (χ2v) is 3.81. The van der Waals surface area contributed by atoms with E-state index in [9.17, 15) is 5.21 Å². The first-order valence-electron chi connectivity index (χ1n) is 5.37. The van der Waals surface area contributed by atoms with Crippen LogP contribution in [0.4, 0.5) is 0 Å². The number of hydroxylamine groups is 1. The van der Waals surface area contributed by atoms with E-state index in [2.05, 4.69) is 6.08 Å². The molecule has 0 aliphatic heterocycles. The van der Waals surface area contributed by atoms with E-state index < -0.39 is 0 Å². The minimum Gasteiger partial charge on any atom is -0.623 e. The molecule has 0 amide bonds. The van der Waals surface area contributed by atoms with Crippen molar-refractivity contribution in [1.82, 2.24) is 0 Å². The normalized spacial score (nSPS) is 18.9. The molecule has 1 aromatic carbocycles. The predicted octanol–water partition coefficient (Wildman–Crippen LogP) is 2.88. The highest BCUT2D eigenvalue weighted by atomic mass is 16.5. The Bertz CT molecular complexity index is 379. The average molecular weight is 201 g/mol. The van der Waals surface area contributed by atoms with Crippen LogP contribution >= 0.6 is 0 Å². The van der Waals surface area contributed by atoms with Gasteiger partial charge in [-0.05, 0) is 12.8 Å². The first-order chi connectivity index (χ1) is 7.36. The third kappa shape index (κ3) is 2.69. The fraction of sp³-hybridized carbons (Fsp3) is 0.308. The molecule has 0 aromatic heterocycles. The minimum atomic E-state index is 0.459. The van der Waals surface area contributed by atoms with Crippen LogP contribution in [0.25, 0.3) is 0 Å². The van der Waals surface area contributed by atoms with Crippen molar-refractivity contribution in [2.75, 3.05) is 0 Å². The lowest BCUT2D eigenvalue weighted by Gasteiger charge is -2.10. The Kier molecular flexibility index (Phi) is 3.18. The molecule has 78 valence electrons. The van der Waals surface area contributed by atoms with E-state index in [1.807, 2.05) is 36.4 Å². The van der Waals surface area contributed by atoms with Crippen LogP contribution in [0.2, 0.25) is 0 Å². The van der Waals surface area contributed by atoms with Crippen molar-refractivity contribution in [2.45, 2.75) is 25.8 Å². The molecule has 0 unspecified atom stereocenters. The van der Waals surface area contributed by atoms with Crippen molar-refractivity contribution in [1.29, 1.82) is 0 Å². The highest BCUT2D eigenvalue weighted by molar-refractivity contribution is 5.91. The molecule has 0 N–H and O–H groups in total. The molecule has 1 aliphatic carbocycles. The van der Waals surface area contributed by atoms with Gasteiger partial charge in [0.1, 0.15) is 0 Å². The summed E-state index contributed by atoms with van der Waals surface area (Å²) in [6, 6.07) is 9.86. The first kappa shape index (κ1) is 9.97. The van der Waals surface area contributed by atoms with E-state index in [-0.39, 0.29) is 0 Å². The molecule has 0 radical (unpaired) electrons. The van der Waals surface area contributed by atoms with Gasteiger partial charge in [0.25, 0.3) is 0 Å². The molecule has 2 heteroatoms. The highest BCUT2D eigenvalue weighted by Crippen LogP contribution is 2.09. The quantitative estimate of drug-likeness (QED) is 0.410. The fourth-order valence-corrected chi connectivity index (χ4v) is 1.76. The van der Waals surface area contributed by atoms with Crippen molar-refractivity contribution in [2.24, 2.45) is 0 Å². The van der Waals surface area contributed by atoms with Crippen molar-refractivity contribution in [3.63, 3.8) is 0 Å². The van der Waals surface area contributed by atoms with Gasteiger partial charge in [-0.25, -0.2) is 4.74 Å². The second kappa shape index (κ2) is 4.78. The minimum absolute atomic E-state index is 0.459. The zero-order chi connectivity index (χ0) is 10.5. The summed E-state index contributed by atoms with van der Waals surface area (Å²) in [5.74, 6) is 0. The number of allylic oxidation sites excluding steroid dienone is 2. The van der Waals surface area contributed by atoms with Crippen molar-refractivity contribution in [3.05, 3.63) is 53.3 Å². The van der Waals surface area contributed by atoms with E-state index in [0.29, 0.717) is 6.54 Å². The molecule has 0 saturated carbocycles. The smallest absolute Gasteiger partial charge is 0.187 e. The Morgan fingerprint density at radius 1 is 1.20 bits per heavy atom. The van der Waals surface area contributed by atoms with Crippen LogP contribution in [0.3, 0.4) is 0 Å². The summed E-state index contributed by atoms with van der Waals surface area (Å²) in [5.41, 5.74) is 1.98. The second-order valence-electron chi connectivity index (χ2n) is 3.81. The lowest BCUT2D eigenvalue weighted by Crippen LogP contribution is -2.15. The molecule has 0 spiro atoms. The van der Waals surface area contributed by atoms with Gasteiger partial charge in [0.05, 0.1) is 0 Å². The summed E-state index contributed by atoms with van der Waals surface area (Å²) in [5, 5.41) is 11.8. The Morgan fingerprint density at radius 3 is 2.67 bits per heavy atom. The van der Waals surface area contributed by atoms with Crippen LogP contribution in [-0.2, 0) is 6.54 Å². The van der Waals surface area contributed by atoms with Crippen LogP contribution in [0, 0.1) is 5.21 Å². The predicted molar refractivity (Wildman–Crippen MR) is 61.8 cm³/mol. The van der Waals surface area contributed by atoms with Crippen molar-refractivity contribution in [3.8, 4) is 0 Å². The molecule has 0 heterocycles. The van der Waals surface area contributed by atoms with Gasteiger partial charge in [-0.3, -0.25) is 0 Å². The first-order valence-corrected chi connectivity index (χ1v) is 5.37. The van der Waals surface area contributed by atoms with Gasteiger partial charge >= 0.3 is 0 Å². The highest BCUT2D eigenvalue weighted by Gasteiger charge is 2.09. The summed E-state index contributed by atoms with van der Waals surface area (Å²) in [7, 11) is 0. The monoisotopic (exact) mass is 201 g/mol. The van der Waals surface area contributed by atoms with Crippen LogP contribution in [0.15, 0.2) is 42.5 Å². The zero-order valence-corrected chi connectivity index (χ0v) is 8.73. The maximum Gasteiger partial charge on any atom is 0.187 e. The molecule has 0 bridgehead atoms. The lowest BCUT2D eigenvalue weighted by atomic mass is 10.1. The topological polar surface area (TPSA) is 26.1 Å². The van der Waals surface area contributed by atoms with E-state index in [4.69, 9.17) is 0 Å². The van der Waals surface area contributed by atoms with Gasteiger partial charge in [0.2, 0.25) is 0 Å². The van der Waals surface area contributed by atoms with Gasteiger partial charge in [-0.15, -0.1) is 0 Å². The number of hydrogen-bond donors (Lipinski definition) is 0. The Balaban J connectivity index is 2.12. The van der Waals surface area contributed by atoms with Gasteiger partial charge in [-0.1, -0.05) is 36.4 Å². The van der Waals surface area contributed by atoms with Gasteiger partial charge < -0.3 is 5.21 Å². The van der Waals surface area contributed by atoms with Crippen LogP contribution in [-0.4, -0.2) is 10.5 Å². The average Bonchev–Trinajstić information content (AvgIpc) is 2.31. The van der Waals surface area contributed by atoms with Crippen LogP contribution < -0.4 is 0 Å². The zero-order valence-electron chi connectivity index (χ0n) is 8.73. The number of hydrogen-bond acceptors (Lipinski definition) is 1. The summed E-state index contributed by atoms with van der Waals surface area (Å²) in [4.78, 5) is 0. The molecule has 2 nitrogen and oxygen atoms in total. The fourth-order valence-electron chi connectivity index (χ4n) is 1.76. The van der Waals surface area contributed by atoms with Crippen molar-refractivity contribution < 1.29 is 4.74 Å². The number of benzene rings is 1. The van der Waals surface area contributed by atoms with Gasteiger partial charge in [-0.2, -0.15) is 0 Å². The summed E-state index contributed by atoms with van der Waals surface area (Å²) in [6.45, 7) is 0.459. The Labute approximate surface area is 90.1 Å². The Hall–Kier alpha value is -1.57. The van der Waals surface area contributed by atoms with Gasteiger partial charge in [0, 0.05) is 18.1 Å². The summed E-state index contributed by atoms with van der Waals surface area (Å²) in [6.07, 6.45) is 7.14. The van der Waals surface area contributed by atoms with Crippen LogP contribution in [0.1, 0.15) is 24.8 Å². The molecule has 1 aromatic rings. The molecular weight excluding hydrogens is 186 g/mol. The molecular formula is C13H15NO. The number of nitrogens with zero attached hydrogens (tertiary/aromatic N) is 1. The number of rotatable bonds is 2. The largest absolute Gasteiger partial charge is 0.623 e. The standard InChI is InChI=1S/C13H15NO/c15-14(13-9-5-2-6-10-13)11-12-7-3-1-4-8-12/h1,3-5,7-9H,2,6,10-11H2/b14-13+. The molecule has 0 atom stereocenters. The van der Waals surface area contributed by atoms with Crippen LogP contribution in [0.5, 0.6) is 0 Å². The molecule has 0 saturated heterocycles. The maximum atomic E-state index is 11.8. The molecule has 1 aliphatic rings. The van der Waals surface area contributed by atoms with Gasteiger partial charge in [0.15, 0.2) is 12.3 Å². The summed E-state index contributed by atoms with van der Waals surface area (Å²) >= 11 is 0. The maximum absolute atomic E-state index is 11.8. The third-order valence-electron chi connectivity index (χ3n) is 2.60. The molecule has 0 fully saturated rings. The van der Waals surface area contributed by atoms with E-state index in [0.717, 1.165) is 35.3 Å². The molecule has 15 heavy (non-hydrogen) atoms. The van der Waals surface area contributed by atoms with Crippen molar-refractivity contribution >= 4 is 5.71 Å². The van der Waals surface area contributed by atoms with E-state index in [1.54, 1.807) is 0 Å². The van der Waals surface area contributed by atoms with E-state index in [1.165, 1.54) is 0 Å². The molecule has 2 rings (SSSR count). The SMILES string of the molecule is [O-]/[N+](Cc1ccccc1)=C1\C=CCCC1. The summed E-state index contributed by atoms with van der Waals surface area (Å²) < 4.78 is 1.10. The van der Waals surface area contributed by atoms with E-state index >= 15 is 0 Å². The lowest BCUT2D eigenvalue weighted by molar-refractivity contribution is -0.475.